The van der Waals surface area contributed by atoms with E-state index in [-0.39, 0.29) is 6.04 Å². The summed E-state index contributed by atoms with van der Waals surface area (Å²) in [6.45, 7) is 5.31. The normalized spacial score (nSPS) is 16.0. The molecule has 21 heavy (non-hydrogen) atoms. The van der Waals surface area contributed by atoms with Crippen LogP contribution in [0.1, 0.15) is 36.9 Å². The van der Waals surface area contributed by atoms with E-state index >= 15 is 0 Å². The second-order valence-electron chi connectivity index (χ2n) is 5.70. The van der Waals surface area contributed by atoms with Gasteiger partial charge in [0.05, 0.1) is 20.3 Å². The molecule has 1 N–H and O–H groups in total. The van der Waals surface area contributed by atoms with Crippen molar-refractivity contribution in [2.24, 2.45) is 5.92 Å². The zero-order valence-electron chi connectivity index (χ0n) is 13.4. The van der Waals surface area contributed by atoms with E-state index in [0.29, 0.717) is 6.61 Å². The number of hydrogen-bond donors (Lipinski definition) is 1. The maximum Gasteiger partial charge on any atom is 0.124 e. The van der Waals surface area contributed by atoms with Crippen LogP contribution in [0.5, 0.6) is 5.75 Å². The number of rotatable bonds is 10. The number of hydrogen-bond acceptors (Lipinski definition) is 4. The molecule has 1 aliphatic rings. The number of benzene rings is 1. The van der Waals surface area contributed by atoms with Crippen LogP contribution in [0.15, 0.2) is 18.2 Å². The Balaban J connectivity index is 1.79. The molecule has 0 aliphatic heterocycles. The van der Waals surface area contributed by atoms with Gasteiger partial charge in [-0.2, -0.15) is 0 Å². The Bertz CT molecular complexity index is 432. The molecule has 1 aliphatic carbocycles. The lowest BCUT2D eigenvalue weighted by molar-refractivity contribution is 0.124. The first-order valence-electron chi connectivity index (χ1n) is 7.71. The van der Waals surface area contributed by atoms with Crippen LogP contribution in [0.3, 0.4) is 0 Å². The monoisotopic (exact) mass is 293 g/mol. The highest BCUT2D eigenvalue weighted by Crippen LogP contribution is 2.28. The van der Waals surface area contributed by atoms with Gasteiger partial charge in [-0.15, -0.1) is 0 Å². The molecule has 0 heterocycles. The molecule has 4 nitrogen and oxygen atoms in total. The second kappa shape index (κ2) is 8.37. The fraction of sp³-hybridized carbons (Fsp3) is 0.647. The largest absolute Gasteiger partial charge is 0.496 e. The molecule has 1 fully saturated rings. The smallest absolute Gasteiger partial charge is 0.124 e. The van der Waals surface area contributed by atoms with Gasteiger partial charge in [0.1, 0.15) is 5.75 Å². The molecule has 118 valence electrons. The van der Waals surface area contributed by atoms with Crippen molar-refractivity contribution in [1.82, 2.24) is 5.32 Å². The van der Waals surface area contributed by atoms with E-state index in [1.54, 1.807) is 14.2 Å². The van der Waals surface area contributed by atoms with Crippen LogP contribution in [0.4, 0.5) is 0 Å². The molecule has 1 atom stereocenters. The van der Waals surface area contributed by atoms with Crippen molar-refractivity contribution in [3.63, 3.8) is 0 Å². The lowest BCUT2D eigenvalue weighted by Gasteiger charge is -2.17. The lowest BCUT2D eigenvalue weighted by atomic mass is 10.0. The van der Waals surface area contributed by atoms with E-state index in [4.69, 9.17) is 14.2 Å². The van der Waals surface area contributed by atoms with Crippen molar-refractivity contribution >= 4 is 0 Å². The molecule has 0 saturated heterocycles. The third kappa shape index (κ3) is 5.30. The van der Waals surface area contributed by atoms with Gasteiger partial charge in [0, 0.05) is 31.9 Å². The highest BCUT2D eigenvalue weighted by Gasteiger charge is 2.20. The molecule has 0 aromatic heterocycles. The molecule has 1 unspecified atom stereocenters. The highest BCUT2D eigenvalue weighted by molar-refractivity contribution is 5.38. The van der Waals surface area contributed by atoms with Crippen LogP contribution in [0.2, 0.25) is 0 Å². The predicted octanol–water partition coefficient (Wildman–Crippen LogP) is 2.92. The van der Waals surface area contributed by atoms with Crippen molar-refractivity contribution in [1.29, 1.82) is 0 Å². The summed E-state index contributed by atoms with van der Waals surface area (Å²) < 4.78 is 16.2. The third-order valence-electron chi connectivity index (χ3n) is 3.85. The third-order valence-corrected chi connectivity index (χ3v) is 3.85. The molecular weight excluding hydrogens is 266 g/mol. The molecule has 0 spiro atoms. The first-order chi connectivity index (χ1) is 10.2. The Hall–Kier alpha value is -1.10. The van der Waals surface area contributed by atoms with Gasteiger partial charge in [0.25, 0.3) is 0 Å². The Morgan fingerprint density at radius 3 is 2.76 bits per heavy atom. The average molecular weight is 293 g/mol. The van der Waals surface area contributed by atoms with Gasteiger partial charge in [-0.3, -0.25) is 0 Å². The van der Waals surface area contributed by atoms with Crippen LogP contribution < -0.4 is 10.1 Å². The van der Waals surface area contributed by atoms with Gasteiger partial charge >= 0.3 is 0 Å². The summed E-state index contributed by atoms with van der Waals surface area (Å²) >= 11 is 0. The van der Waals surface area contributed by atoms with Crippen molar-refractivity contribution in [2.45, 2.75) is 32.4 Å². The molecule has 0 amide bonds. The van der Waals surface area contributed by atoms with E-state index < -0.39 is 0 Å². The van der Waals surface area contributed by atoms with Gasteiger partial charge in [-0.05, 0) is 43.4 Å². The topological polar surface area (TPSA) is 39.7 Å². The summed E-state index contributed by atoms with van der Waals surface area (Å²) in [5.41, 5.74) is 2.32. The minimum Gasteiger partial charge on any atom is -0.496 e. The molecular formula is C17H27NO3. The van der Waals surface area contributed by atoms with Crippen molar-refractivity contribution in [3.8, 4) is 5.75 Å². The number of nitrogens with one attached hydrogen (secondary N) is 1. The Morgan fingerprint density at radius 1 is 1.29 bits per heavy atom. The zero-order valence-corrected chi connectivity index (χ0v) is 13.4. The minimum atomic E-state index is 0.288. The highest BCUT2D eigenvalue weighted by atomic mass is 16.5. The fourth-order valence-electron chi connectivity index (χ4n) is 2.34. The summed E-state index contributed by atoms with van der Waals surface area (Å²) in [6.07, 6.45) is 2.69. The summed E-state index contributed by atoms with van der Waals surface area (Å²) in [4.78, 5) is 0. The summed E-state index contributed by atoms with van der Waals surface area (Å²) in [7, 11) is 3.39. The molecule has 2 rings (SSSR count). The summed E-state index contributed by atoms with van der Waals surface area (Å²) in [5, 5.41) is 3.49. The van der Waals surface area contributed by atoms with Gasteiger partial charge in [-0.1, -0.05) is 6.07 Å². The van der Waals surface area contributed by atoms with Gasteiger partial charge in [0.15, 0.2) is 0 Å². The molecule has 1 saturated carbocycles. The molecule has 1 aromatic carbocycles. The molecule has 0 bridgehead atoms. The van der Waals surface area contributed by atoms with Crippen LogP contribution in [-0.4, -0.2) is 34.0 Å². The number of methoxy groups -OCH3 is 2. The average Bonchev–Trinajstić information content (AvgIpc) is 3.31. The van der Waals surface area contributed by atoms with Crippen molar-refractivity contribution < 1.29 is 14.2 Å². The maximum atomic E-state index is 5.64. The second-order valence-corrected chi connectivity index (χ2v) is 5.70. The van der Waals surface area contributed by atoms with Gasteiger partial charge in [-0.25, -0.2) is 0 Å². The number of ether oxygens (including phenoxy) is 3. The van der Waals surface area contributed by atoms with Gasteiger partial charge in [0.2, 0.25) is 0 Å². The quantitative estimate of drug-likeness (QED) is 0.673. The molecule has 4 heteroatoms. The molecule has 0 radical (unpaired) electrons. The van der Waals surface area contributed by atoms with Crippen molar-refractivity contribution in [2.75, 3.05) is 34.0 Å². The van der Waals surface area contributed by atoms with E-state index in [1.807, 2.05) is 6.07 Å². The predicted molar refractivity (Wildman–Crippen MR) is 83.7 cm³/mol. The van der Waals surface area contributed by atoms with Gasteiger partial charge < -0.3 is 19.5 Å². The Morgan fingerprint density at radius 2 is 2.10 bits per heavy atom. The maximum absolute atomic E-state index is 5.64. The van der Waals surface area contributed by atoms with Crippen LogP contribution >= 0.6 is 0 Å². The Labute approximate surface area is 127 Å². The van der Waals surface area contributed by atoms with E-state index in [0.717, 1.165) is 37.0 Å². The van der Waals surface area contributed by atoms with Crippen LogP contribution in [-0.2, 0) is 16.1 Å². The summed E-state index contributed by atoms with van der Waals surface area (Å²) in [6, 6.07) is 6.54. The molecule has 1 aromatic rings. The van der Waals surface area contributed by atoms with Crippen molar-refractivity contribution in [3.05, 3.63) is 29.3 Å². The SMILES string of the molecule is COCc1cc(C(C)NCCOCC2CC2)ccc1OC. The van der Waals surface area contributed by atoms with E-state index in [9.17, 15) is 0 Å². The lowest BCUT2D eigenvalue weighted by Crippen LogP contribution is -2.23. The van der Waals surface area contributed by atoms with Crippen LogP contribution in [0.25, 0.3) is 0 Å². The van der Waals surface area contributed by atoms with E-state index in [1.165, 1.54) is 18.4 Å². The summed E-state index contributed by atoms with van der Waals surface area (Å²) in [5.74, 6) is 1.71. The van der Waals surface area contributed by atoms with Crippen LogP contribution in [0, 0.1) is 5.92 Å². The standard InChI is InChI=1S/C17H27NO3/c1-13(18-8-9-21-11-14-4-5-14)15-6-7-17(20-3)16(10-15)12-19-2/h6-7,10,13-14,18H,4-5,8-9,11-12H2,1-3H3. The minimum absolute atomic E-state index is 0.288. The Kier molecular flexibility index (Phi) is 6.49. The first-order valence-corrected chi connectivity index (χ1v) is 7.71. The van der Waals surface area contributed by atoms with E-state index in [2.05, 4.69) is 24.4 Å². The fourth-order valence-corrected chi connectivity index (χ4v) is 2.34. The first kappa shape index (κ1) is 16.3. The zero-order chi connectivity index (χ0) is 15.1.